The van der Waals surface area contributed by atoms with Gasteiger partial charge in [-0.25, -0.2) is 9.48 Å². The molecule has 0 saturated carbocycles. The lowest BCUT2D eigenvalue weighted by atomic mass is 9.88. The molecule has 2 aromatic heterocycles. The monoisotopic (exact) mass is 439 g/mol. The summed E-state index contributed by atoms with van der Waals surface area (Å²) in [6.45, 7) is 3.52. The van der Waals surface area contributed by atoms with E-state index in [1.54, 1.807) is 30.0 Å². The first kappa shape index (κ1) is 21.1. The average molecular weight is 440 g/mol. The number of esters is 1. The van der Waals surface area contributed by atoms with E-state index in [4.69, 9.17) is 4.74 Å². The highest BCUT2D eigenvalue weighted by Crippen LogP contribution is 2.33. The van der Waals surface area contributed by atoms with Crippen LogP contribution in [0.4, 0.5) is 5.69 Å². The lowest BCUT2D eigenvalue weighted by Crippen LogP contribution is -2.26. The Morgan fingerprint density at radius 2 is 2.00 bits per heavy atom. The molecule has 0 fully saturated rings. The molecule has 2 heterocycles. The summed E-state index contributed by atoms with van der Waals surface area (Å²) >= 11 is 1.58. The van der Waals surface area contributed by atoms with Crippen molar-refractivity contribution in [3.05, 3.63) is 67.8 Å². The molecule has 0 bridgehead atoms. The number of ether oxygens (including phenoxy) is 1. The molecule has 1 atom stereocenters. The van der Waals surface area contributed by atoms with Crippen molar-refractivity contribution in [1.29, 1.82) is 0 Å². The highest BCUT2D eigenvalue weighted by Gasteiger charge is 2.25. The second-order valence-electron chi connectivity index (χ2n) is 7.96. The van der Waals surface area contributed by atoms with Crippen LogP contribution in [0.25, 0.3) is 5.69 Å². The second-order valence-corrected chi connectivity index (χ2v) is 8.92. The number of benzene rings is 1. The van der Waals surface area contributed by atoms with Crippen LogP contribution in [0, 0.1) is 12.8 Å². The molecule has 7 nitrogen and oxygen atoms in total. The maximum atomic E-state index is 12.9. The molecule has 0 spiro atoms. The van der Waals surface area contributed by atoms with E-state index in [2.05, 4.69) is 12.2 Å². The predicted molar refractivity (Wildman–Crippen MR) is 120 cm³/mol. The fraction of sp³-hybridized carbons (Fsp3) is 0.348. The quantitative estimate of drug-likeness (QED) is 0.617. The van der Waals surface area contributed by atoms with Crippen LogP contribution in [-0.4, -0.2) is 27.8 Å². The number of carbonyl (C=O) groups excluding carboxylic acids is 2. The van der Waals surface area contributed by atoms with Crippen molar-refractivity contribution >= 4 is 28.9 Å². The van der Waals surface area contributed by atoms with Gasteiger partial charge in [0, 0.05) is 17.3 Å². The highest BCUT2D eigenvalue weighted by molar-refractivity contribution is 7.10. The molecule has 0 aliphatic heterocycles. The summed E-state index contributed by atoms with van der Waals surface area (Å²) in [5.41, 5.74) is 2.75. The summed E-state index contributed by atoms with van der Waals surface area (Å²) < 4.78 is 8.42. The molecule has 0 saturated heterocycles. The standard InChI is InChI=1S/C23H25N3O4S/c1-14-9-10-17-18(13-31-19(17)11-14)23(29)30-12-20(27)24-21-15(2)25(3)26(22(21)28)16-7-5-4-6-8-16/h4-8,13-14H,9-12H2,1-3H3,(H,24,27). The van der Waals surface area contributed by atoms with Crippen molar-refractivity contribution < 1.29 is 14.3 Å². The number of rotatable bonds is 5. The van der Waals surface area contributed by atoms with E-state index in [9.17, 15) is 14.4 Å². The van der Waals surface area contributed by atoms with Gasteiger partial charge in [0.15, 0.2) is 6.61 Å². The number of thiophene rings is 1. The smallest absolute Gasteiger partial charge is 0.339 e. The summed E-state index contributed by atoms with van der Waals surface area (Å²) in [5.74, 6) is -0.416. The molecule has 1 aliphatic carbocycles. The number of hydrogen-bond acceptors (Lipinski definition) is 5. The van der Waals surface area contributed by atoms with E-state index in [1.165, 1.54) is 9.56 Å². The number of nitrogens with one attached hydrogen (secondary N) is 1. The zero-order chi connectivity index (χ0) is 22.1. The summed E-state index contributed by atoms with van der Waals surface area (Å²) in [7, 11) is 1.75. The van der Waals surface area contributed by atoms with Gasteiger partial charge >= 0.3 is 5.97 Å². The fourth-order valence-corrected chi connectivity index (χ4v) is 5.18. The Morgan fingerprint density at radius 1 is 1.26 bits per heavy atom. The summed E-state index contributed by atoms with van der Waals surface area (Å²) in [6.07, 6.45) is 2.89. The second kappa shape index (κ2) is 8.55. The molecule has 1 aliphatic rings. The van der Waals surface area contributed by atoms with Crippen LogP contribution in [0.2, 0.25) is 0 Å². The normalized spacial score (nSPS) is 15.4. The minimum atomic E-state index is -0.544. The van der Waals surface area contributed by atoms with Gasteiger partial charge in [0.2, 0.25) is 0 Å². The molecule has 0 radical (unpaired) electrons. The van der Waals surface area contributed by atoms with Gasteiger partial charge in [-0.2, -0.15) is 0 Å². The number of amides is 1. The number of nitrogens with zero attached hydrogens (tertiary/aromatic N) is 2. The zero-order valence-electron chi connectivity index (χ0n) is 17.8. The van der Waals surface area contributed by atoms with Gasteiger partial charge in [-0.3, -0.25) is 14.3 Å². The SMILES string of the molecule is Cc1c(NC(=O)COC(=O)c2csc3c2CCC(C)C3)c(=O)n(-c2ccccc2)n1C. The number of para-hydroxylation sites is 1. The van der Waals surface area contributed by atoms with Crippen LogP contribution in [0.3, 0.4) is 0 Å². The summed E-state index contributed by atoms with van der Waals surface area (Å²) in [5, 5.41) is 4.43. The Kier molecular flexibility index (Phi) is 5.82. The summed E-state index contributed by atoms with van der Waals surface area (Å²) in [4.78, 5) is 39.1. The van der Waals surface area contributed by atoms with Crippen LogP contribution in [0.1, 0.15) is 39.8 Å². The molecule has 1 N–H and O–H groups in total. The lowest BCUT2D eigenvalue weighted by Gasteiger charge is -2.18. The van der Waals surface area contributed by atoms with E-state index < -0.39 is 18.5 Å². The van der Waals surface area contributed by atoms with Gasteiger partial charge < -0.3 is 10.1 Å². The molecular formula is C23H25N3O4S. The minimum Gasteiger partial charge on any atom is -0.452 e. The third-order valence-corrected chi connectivity index (χ3v) is 6.83. The first-order valence-corrected chi connectivity index (χ1v) is 11.1. The van der Waals surface area contributed by atoms with Crippen LogP contribution >= 0.6 is 11.3 Å². The minimum absolute atomic E-state index is 0.175. The van der Waals surface area contributed by atoms with Gasteiger partial charge in [-0.1, -0.05) is 25.1 Å². The Labute approximate surface area is 184 Å². The average Bonchev–Trinajstić information content (AvgIpc) is 3.27. The first-order chi connectivity index (χ1) is 14.9. The molecule has 1 aromatic carbocycles. The highest BCUT2D eigenvalue weighted by atomic mass is 32.1. The van der Waals surface area contributed by atoms with Crippen LogP contribution in [-0.2, 0) is 29.4 Å². The predicted octanol–water partition coefficient (Wildman–Crippen LogP) is 3.47. The molecule has 3 aromatic rings. The Hall–Kier alpha value is -3.13. The van der Waals surface area contributed by atoms with Gasteiger partial charge in [0.1, 0.15) is 5.69 Å². The van der Waals surface area contributed by atoms with Crippen molar-refractivity contribution in [2.45, 2.75) is 33.1 Å². The Balaban J connectivity index is 1.44. The molecule has 162 valence electrons. The van der Waals surface area contributed by atoms with Crippen molar-refractivity contribution in [2.24, 2.45) is 13.0 Å². The molecular weight excluding hydrogens is 414 g/mol. The topological polar surface area (TPSA) is 82.3 Å². The van der Waals surface area contributed by atoms with Crippen LogP contribution in [0.15, 0.2) is 40.5 Å². The zero-order valence-corrected chi connectivity index (χ0v) is 18.6. The summed E-state index contributed by atoms with van der Waals surface area (Å²) in [6, 6.07) is 9.18. The number of carbonyl (C=O) groups is 2. The first-order valence-electron chi connectivity index (χ1n) is 10.3. The lowest BCUT2D eigenvalue weighted by molar-refractivity contribution is -0.119. The van der Waals surface area contributed by atoms with Crippen molar-refractivity contribution in [3.63, 3.8) is 0 Å². The van der Waals surface area contributed by atoms with E-state index in [0.717, 1.165) is 24.8 Å². The van der Waals surface area contributed by atoms with E-state index >= 15 is 0 Å². The molecule has 31 heavy (non-hydrogen) atoms. The molecule has 8 heteroatoms. The molecule has 1 unspecified atom stereocenters. The van der Waals surface area contributed by atoms with Crippen molar-refractivity contribution in [1.82, 2.24) is 9.36 Å². The van der Waals surface area contributed by atoms with E-state index in [1.807, 2.05) is 35.7 Å². The van der Waals surface area contributed by atoms with Crippen LogP contribution in [0.5, 0.6) is 0 Å². The molecule has 1 amide bonds. The largest absolute Gasteiger partial charge is 0.452 e. The maximum absolute atomic E-state index is 12.9. The van der Waals surface area contributed by atoms with Crippen molar-refractivity contribution in [2.75, 3.05) is 11.9 Å². The van der Waals surface area contributed by atoms with Crippen molar-refractivity contribution in [3.8, 4) is 5.69 Å². The third kappa shape index (κ3) is 4.07. The van der Waals surface area contributed by atoms with E-state index in [0.29, 0.717) is 22.9 Å². The Morgan fingerprint density at radius 3 is 2.74 bits per heavy atom. The fourth-order valence-electron chi connectivity index (χ4n) is 3.95. The maximum Gasteiger partial charge on any atom is 0.339 e. The number of aromatic nitrogens is 2. The van der Waals surface area contributed by atoms with Crippen LogP contribution < -0.4 is 10.9 Å². The van der Waals surface area contributed by atoms with Gasteiger partial charge in [-0.15, -0.1) is 11.3 Å². The van der Waals surface area contributed by atoms with E-state index in [-0.39, 0.29) is 11.2 Å². The Bertz CT molecular complexity index is 1190. The third-order valence-electron chi connectivity index (χ3n) is 5.77. The van der Waals surface area contributed by atoms with Gasteiger partial charge in [0.05, 0.1) is 16.9 Å². The number of anilines is 1. The molecule has 4 rings (SSSR count). The van der Waals surface area contributed by atoms with Gasteiger partial charge in [-0.05, 0) is 49.8 Å². The number of fused-ring (bicyclic) bond motifs is 1. The number of hydrogen-bond donors (Lipinski definition) is 1. The van der Waals surface area contributed by atoms with Gasteiger partial charge in [0.25, 0.3) is 11.5 Å².